The minimum absolute atomic E-state index is 0.0442. The number of benzene rings is 2. The van der Waals surface area contributed by atoms with Gasteiger partial charge < -0.3 is 34.6 Å². The van der Waals surface area contributed by atoms with Crippen molar-refractivity contribution >= 4 is 57.4 Å². The maximum Gasteiger partial charge on any atom is 0.410 e. The largest absolute Gasteiger partial charge is 0.459 e. The third-order valence-corrected chi connectivity index (χ3v) is 13.8. The zero-order valence-electron chi connectivity index (χ0n) is 27.6. The molecule has 4 fully saturated rings. The Kier molecular flexibility index (Phi) is 9.09. The lowest BCUT2D eigenvalue weighted by Crippen LogP contribution is -2.71. The van der Waals surface area contributed by atoms with Crippen LogP contribution in [0.2, 0.25) is 0 Å². The molecule has 0 bridgehead atoms. The number of hydrogen-bond acceptors (Lipinski definition) is 12. The minimum atomic E-state index is -3.85. The second kappa shape index (κ2) is 12.9. The summed E-state index contributed by atoms with van der Waals surface area (Å²) in [4.78, 5) is 80.4. The van der Waals surface area contributed by atoms with Crippen LogP contribution in [0, 0.1) is 0 Å². The Bertz CT molecular complexity index is 1840. The molecule has 2 aromatic carbocycles. The molecule has 0 aromatic heterocycles. The van der Waals surface area contributed by atoms with Gasteiger partial charge in [-0.25, -0.2) is 22.8 Å². The Hall–Kier alpha value is -4.64. The summed E-state index contributed by atoms with van der Waals surface area (Å²) in [5.41, 5.74) is 1.15. The molecule has 4 amide bonds. The summed E-state index contributed by atoms with van der Waals surface area (Å²) in [6, 6.07) is 12.6. The fourth-order valence-corrected chi connectivity index (χ4v) is 10.4. The van der Waals surface area contributed by atoms with Crippen LogP contribution in [-0.4, -0.2) is 99.1 Å². The van der Waals surface area contributed by atoms with Crippen LogP contribution in [0.1, 0.15) is 51.3 Å². The number of hydrogen-bond donors (Lipinski definition) is 2. The number of rotatable bonds is 10. The molecule has 6 atom stereocenters. The summed E-state index contributed by atoms with van der Waals surface area (Å²) in [5.74, 6) is -3.35. The monoisotopic (exact) mass is 728 g/mol. The van der Waals surface area contributed by atoms with Gasteiger partial charge in [0.2, 0.25) is 24.5 Å². The molecule has 15 nitrogen and oxygen atoms in total. The van der Waals surface area contributed by atoms with Gasteiger partial charge in [0.1, 0.15) is 41.5 Å². The standard InChI is InChI=1S/C33H36N4O11S2/c1-32(2)24(29(41)46-16-18-11-7-5-8-12-18)37-27(40)23(28(37)49-32)34-26(39)22(19-13-9-6-10-14-19)35-31(43)48-17-47-30(42)25-33(3,4)50(44,45)21-15-20(38)36(21)25/h5-14,21-25,28H,15-17H2,1-4H3,(H,34,39)(H,35,43)/t21-,22?,23?,24+,25+,28-/m1/s1. The van der Waals surface area contributed by atoms with E-state index < -0.39 is 96.8 Å². The highest BCUT2D eigenvalue weighted by Crippen LogP contribution is 2.51. The highest BCUT2D eigenvalue weighted by atomic mass is 32.2. The topological polar surface area (TPSA) is 195 Å². The van der Waals surface area contributed by atoms with Gasteiger partial charge in [0.15, 0.2) is 9.84 Å². The van der Waals surface area contributed by atoms with Crippen molar-refractivity contribution < 1.29 is 51.4 Å². The summed E-state index contributed by atoms with van der Waals surface area (Å²) in [6.07, 6.45) is -1.38. The van der Waals surface area contributed by atoms with Crippen molar-refractivity contribution in [3.8, 4) is 0 Å². The molecule has 2 aromatic rings. The van der Waals surface area contributed by atoms with Crippen LogP contribution in [0.3, 0.4) is 0 Å². The van der Waals surface area contributed by atoms with Gasteiger partial charge in [-0.1, -0.05) is 60.7 Å². The number of thioether (sulfide) groups is 1. The average molecular weight is 729 g/mol. The van der Waals surface area contributed by atoms with Crippen molar-refractivity contribution in [2.24, 2.45) is 0 Å². The Morgan fingerprint density at radius 2 is 1.50 bits per heavy atom. The lowest BCUT2D eigenvalue weighted by atomic mass is 9.95. The summed E-state index contributed by atoms with van der Waals surface area (Å²) >= 11 is 1.35. The molecule has 2 unspecified atom stereocenters. The second-order valence-electron chi connectivity index (χ2n) is 13.4. The summed E-state index contributed by atoms with van der Waals surface area (Å²) in [5, 5.41) is 3.42. The number of β-lactam (4-membered cyclic amide) rings is 2. The molecule has 2 N–H and O–H groups in total. The molecule has 17 heteroatoms. The molecule has 6 rings (SSSR count). The van der Waals surface area contributed by atoms with Crippen molar-refractivity contribution in [3.05, 3.63) is 71.8 Å². The van der Waals surface area contributed by atoms with E-state index in [9.17, 15) is 37.2 Å². The molecule has 0 radical (unpaired) electrons. The van der Waals surface area contributed by atoms with Gasteiger partial charge in [0, 0.05) is 4.75 Å². The number of carbonyl (C=O) groups excluding carboxylic acids is 6. The molecular formula is C33H36N4O11S2. The first-order chi connectivity index (χ1) is 23.6. The third kappa shape index (κ3) is 5.95. The van der Waals surface area contributed by atoms with Gasteiger partial charge in [-0.3, -0.25) is 14.4 Å². The lowest BCUT2D eigenvalue weighted by Gasteiger charge is -2.44. The highest BCUT2D eigenvalue weighted by molar-refractivity contribution is 8.01. The molecule has 266 valence electrons. The summed E-state index contributed by atoms with van der Waals surface area (Å²) in [6.45, 7) is 5.40. The first-order valence-corrected chi connectivity index (χ1v) is 18.2. The maximum absolute atomic E-state index is 13.6. The van der Waals surface area contributed by atoms with Crippen LogP contribution in [-0.2, 0) is 54.6 Å². The predicted molar refractivity (Wildman–Crippen MR) is 176 cm³/mol. The van der Waals surface area contributed by atoms with E-state index in [1.807, 2.05) is 44.2 Å². The number of esters is 2. The van der Waals surface area contributed by atoms with Crippen molar-refractivity contribution in [1.29, 1.82) is 0 Å². The first kappa shape index (κ1) is 35.2. The van der Waals surface area contributed by atoms with Gasteiger partial charge in [-0.05, 0) is 38.8 Å². The van der Waals surface area contributed by atoms with Crippen LogP contribution < -0.4 is 10.6 Å². The lowest BCUT2D eigenvalue weighted by molar-refractivity contribution is -0.167. The SMILES string of the molecule is CC1(C)S[C@@H]2C(NC(=O)C(NC(=O)OCOC(=O)[C@@H]3N4C(=O)C[C@H]4S(=O)(=O)C3(C)C)c3ccccc3)C(=O)N2[C@H]1C(=O)OCc1ccccc1. The van der Waals surface area contributed by atoms with Crippen LogP contribution in [0.4, 0.5) is 4.79 Å². The minimum Gasteiger partial charge on any atom is -0.459 e. The quantitative estimate of drug-likeness (QED) is 0.203. The fourth-order valence-electron chi connectivity index (χ4n) is 6.71. The molecule has 0 aliphatic carbocycles. The second-order valence-corrected chi connectivity index (χ2v) is 17.8. The molecule has 4 aliphatic rings. The van der Waals surface area contributed by atoms with Gasteiger partial charge in [0.05, 0.1) is 11.2 Å². The van der Waals surface area contributed by atoms with Crippen LogP contribution >= 0.6 is 11.8 Å². The van der Waals surface area contributed by atoms with Gasteiger partial charge in [0.25, 0.3) is 0 Å². The van der Waals surface area contributed by atoms with Crippen LogP contribution in [0.15, 0.2) is 60.7 Å². The predicted octanol–water partition coefficient (Wildman–Crippen LogP) is 1.38. The number of nitrogens with one attached hydrogen (secondary N) is 2. The number of sulfone groups is 1. The first-order valence-electron chi connectivity index (χ1n) is 15.8. The highest BCUT2D eigenvalue weighted by Gasteiger charge is 2.68. The normalized spacial score (nSPS) is 27.1. The van der Waals surface area contributed by atoms with Crippen molar-refractivity contribution in [1.82, 2.24) is 20.4 Å². The third-order valence-electron chi connectivity index (χ3n) is 9.43. The zero-order valence-corrected chi connectivity index (χ0v) is 29.2. The summed E-state index contributed by atoms with van der Waals surface area (Å²) < 4.78 is 38.8. The molecule has 4 heterocycles. The molecular weight excluding hydrogens is 693 g/mol. The van der Waals surface area contributed by atoms with E-state index in [4.69, 9.17) is 14.2 Å². The van der Waals surface area contributed by atoms with E-state index in [0.29, 0.717) is 5.56 Å². The van der Waals surface area contributed by atoms with E-state index in [2.05, 4.69) is 10.6 Å². The van der Waals surface area contributed by atoms with E-state index in [-0.39, 0.29) is 13.0 Å². The van der Waals surface area contributed by atoms with Crippen LogP contribution in [0.5, 0.6) is 0 Å². The van der Waals surface area contributed by atoms with Crippen molar-refractivity contribution in [2.75, 3.05) is 6.79 Å². The van der Waals surface area contributed by atoms with Crippen LogP contribution in [0.25, 0.3) is 0 Å². The van der Waals surface area contributed by atoms with Gasteiger partial charge in [-0.2, -0.15) is 0 Å². The molecule has 0 spiro atoms. The maximum atomic E-state index is 13.6. The van der Waals surface area contributed by atoms with Crippen molar-refractivity contribution in [3.63, 3.8) is 0 Å². The molecule has 50 heavy (non-hydrogen) atoms. The van der Waals surface area contributed by atoms with Crippen molar-refractivity contribution in [2.45, 2.75) is 85.1 Å². The Labute approximate surface area is 292 Å². The number of fused-ring (bicyclic) bond motifs is 2. The number of amides is 4. The van der Waals surface area contributed by atoms with E-state index in [0.717, 1.165) is 10.5 Å². The molecule has 4 aliphatic heterocycles. The number of ether oxygens (including phenoxy) is 3. The number of nitrogens with zero attached hydrogens (tertiary/aromatic N) is 2. The summed E-state index contributed by atoms with van der Waals surface area (Å²) in [7, 11) is -3.85. The van der Waals surface area contributed by atoms with E-state index in [1.54, 1.807) is 30.3 Å². The Balaban J connectivity index is 1.07. The zero-order chi connectivity index (χ0) is 36.2. The number of alkyl carbamates (subject to hydrolysis) is 1. The molecule has 4 saturated heterocycles. The molecule has 0 saturated carbocycles. The number of carbonyl (C=O) groups is 6. The smallest absolute Gasteiger partial charge is 0.410 e. The Morgan fingerprint density at radius 1 is 0.880 bits per heavy atom. The van der Waals surface area contributed by atoms with Gasteiger partial charge >= 0.3 is 18.0 Å². The Morgan fingerprint density at radius 3 is 2.14 bits per heavy atom. The van der Waals surface area contributed by atoms with Gasteiger partial charge in [-0.15, -0.1) is 11.8 Å². The van der Waals surface area contributed by atoms with E-state index in [1.165, 1.54) is 30.5 Å². The average Bonchev–Trinajstić information content (AvgIpc) is 3.40. The fraction of sp³-hybridized carbons (Fsp3) is 0.455. The van der Waals surface area contributed by atoms with E-state index >= 15 is 0 Å².